The van der Waals surface area contributed by atoms with Gasteiger partial charge in [0.2, 0.25) is 0 Å². The fraction of sp³-hybridized carbons (Fsp3) is 0.286. The number of halogens is 1. The second kappa shape index (κ2) is 8.06. The lowest BCUT2D eigenvalue weighted by molar-refractivity contribution is 0.0601. The molecule has 1 aliphatic heterocycles. The monoisotopic (exact) mass is 397 g/mol. The van der Waals surface area contributed by atoms with Gasteiger partial charge in [0, 0.05) is 18.1 Å². The lowest BCUT2D eigenvalue weighted by Gasteiger charge is -2.35. The minimum atomic E-state index is -0.419. The maximum atomic E-state index is 14.4. The van der Waals surface area contributed by atoms with Crippen molar-refractivity contribution in [3.05, 3.63) is 65.2 Å². The zero-order chi connectivity index (χ0) is 19.5. The van der Waals surface area contributed by atoms with Gasteiger partial charge in [-0.1, -0.05) is 12.1 Å². The van der Waals surface area contributed by atoms with E-state index in [4.69, 9.17) is 4.74 Å². The summed E-state index contributed by atoms with van der Waals surface area (Å²) in [6.07, 6.45) is 4.63. The number of methoxy groups -OCH3 is 1. The second-order valence-corrected chi connectivity index (χ2v) is 7.48. The van der Waals surface area contributed by atoms with Crippen LogP contribution < -0.4 is 4.74 Å². The normalized spacial score (nSPS) is 16.8. The van der Waals surface area contributed by atoms with Crippen molar-refractivity contribution in [2.24, 2.45) is 0 Å². The van der Waals surface area contributed by atoms with E-state index >= 15 is 0 Å². The number of pyridine rings is 1. The molecule has 2 aromatic heterocycles. The van der Waals surface area contributed by atoms with Gasteiger partial charge in [-0.05, 0) is 43.5 Å². The molecular weight excluding hydrogens is 377 g/mol. The molecule has 3 heterocycles. The van der Waals surface area contributed by atoms with Gasteiger partial charge >= 0.3 is 0 Å². The first-order valence-corrected chi connectivity index (χ1v) is 10.1. The second-order valence-electron chi connectivity index (χ2n) is 6.62. The van der Waals surface area contributed by atoms with Gasteiger partial charge in [-0.3, -0.25) is 9.78 Å². The van der Waals surface area contributed by atoms with E-state index in [1.165, 1.54) is 24.5 Å². The number of benzene rings is 1. The lowest BCUT2D eigenvalue weighted by atomic mass is 9.98. The van der Waals surface area contributed by atoms with Crippen molar-refractivity contribution in [3.8, 4) is 16.3 Å². The molecule has 1 saturated heterocycles. The Hall–Kier alpha value is -2.80. The van der Waals surface area contributed by atoms with Crippen molar-refractivity contribution in [1.29, 1.82) is 0 Å². The molecular formula is C21H20FN3O2S. The Morgan fingerprint density at radius 2 is 2.14 bits per heavy atom. The van der Waals surface area contributed by atoms with Crippen LogP contribution in [0.15, 0.2) is 48.0 Å². The highest BCUT2D eigenvalue weighted by Gasteiger charge is 2.31. The van der Waals surface area contributed by atoms with Crippen molar-refractivity contribution in [2.75, 3.05) is 13.7 Å². The zero-order valence-electron chi connectivity index (χ0n) is 15.5. The lowest BCUT2D eigenvalue weighted by Crippen LogP contribution is -2.39. The number of aromatic nitrogens is 2. The highest BCUT2D eigenvalue weighted by molar-refractivity contribution is 7.13. The van der Waals surface area contributed by atoms with Crippen LogP contribution in [0.5, 0.6) is 5.75 Å². The van der Waals surface area contributed by atoms with Crippen molar-refractivity contribution in [2.45, 2.75) is 25.3 Å². The van der Waals surface area contributed by atoms with E-state index in [0.29, 0.717) is 23.0 Å². The summed E-state index contributed by atoms with van der Waals surface area (Å²) in [5.41, 5.74) is 1.50. The average molecular weight is 397 g/mol. The fourth-order valence-corrected chi connectivity index (χ4v) is 4.41. The Morgan fingerprint density at radius 1 is 1.25 bits per heavy atom. The third-order valence-corrected chi connectivity index (χ3v) is 5.79. The number of amides is 1. The summed E-state index contributed by atoms with van der Waals surface area (Å²) in [6.45, 7) is 0.663. The summed E-state index contributed by atoms with van der Waals surface area (Å²) >= 11 is 1.24. The summed E-state index contributed by atoms with van der Waals surface area (Å²) in [4.78, 5) is 23.9. The number of ether oxygens (including phenoxy) is 1. The van der Waals surface area contributed by atoms with Crippen LogP contribution in [-0.2, 0) is 0 Å². The van der Waals surface area contributed by atoms with Crippen molar-refractivity contribution in [3.63, 3.8) is 0 Å². The third-order valence-electron chi connectivity index (χ3n) is 4.93. The topological polar surface area (TPSA) is 55.3 Å². The van der Waals surface area contributed by atoms with Crippen LogP contribution >= 0.6 is 11.3 Å². The number of hydrogen-bond acceptors (Lipinski definition) is 5. The number of likely N-dealkylation sites (tertiary alicyclic amines) is 1. The molecule has 3 aromatic rings. The minimum absolute atomic E-state index is 0.0596. The van der Waals surface area contributed by atoms with Crippen LogP contribution in [0.2, 0.25) is 0 Å². The summed E-state index contributed by atoms with van der Waals surface area (Å²) < 4.78 is 19.6. The molecule has 0 N–H and O–H groups in total. The van der Waals surface area contributed by atoms with Crippen molar-refractivity contribution < 1.29 is 13.9 Å². The molecule has 1 fully saturated rings. The third kappa shape index (κ3) is 3.49. The Bertz CT molecular complexity index is 977. The van der Waals surface area contributed by atoms with E-state index in [1.54, 1.807) is 23.7 Å². The van der Waals surface area contributed by atoms with Gasteiger partial charge in [-0.15, -0.1) is 11.3 Å². The Morgan fingerprint density at radius 3 is 2.93 bits per heavy atom. The molecule has 0 saturated carbocycles. The van der Waals surface area contributed by atoms with Gasteiger partial charge in [0.25, 0.3) is 5.91 Å². The standard InChI is InChI=1S/C21H20FN3O2S/c1-27-18-10-6-7-14(22)19(18)20-24-16(13-28-20)21(26)25-12-5-3-9-17(25)15-8-2-4-11-23-15/h2,4,6-8,10-11,13,17H,3,5,9,12H2,1H3/t17-/m0/s1. The van der Waals surface area contributed by atoms with Gasteiger partial charge in [0.05, 0.1) is 24.4 Å². The number of rotatable bonds is 4. The Labute approximate surface area is 166 Å². The first kappa shape index (κ1) is 18.6. The molecule has 5 nitrogen and oxygen atoms in total. The molecule has 4 rings (SSSR count). The number of nitrogens with zero attached hydrogens (tertiary/aromatic N) is 3. The quantitative estimate of drug-likeness (QED) is 0.639. The van der Waals surface area contributed by atoms with Crippen LogP contribution in [0, 0.1) is 5.82 Å². The highest BCUT2D eigenvalue weighted by atomic mass is 32.1. The van der Waals surface area contributed by atoms with Crippen molar-refractivity contribution >= 4 is 17.2 Å². The summed E-state index contributed by atoms with van der Waals surface area (Å²) in [5.74, 6) is -0.164. The summed E-state index contributed by atoms with van der Waals surface area (Å²) in [7, 11) is 1.49. The maximum absolute atomic E-state index is 14.4. The van der Waals surface area contributed by atoms with Crippen LogP contribution in [0.3, 0.4) is 0 Å². The number of piperidine rings is 1. The number of carbonyl (C=O) groups excluding carboxylic acids is 1. The molecule has 1 aromatic carbocycles. The molecule has 0 unspecified atom stereocenters. The van der Waals surface area contributed by atoms with Crippen LogP contribution in [0.4, 0.5) is 4.39 Å². The van der Waals surface area contributed by atoms with Crippen LogP contribution in [0.25, 0.3) is 10.6 Å². The molecule has 1 aliphatic rings. The Kier molecular flexibility index (Phi) is 5.34. The van der Waals surface area contributed by atoms with E-state index in [-0.39, 0.29) is 17.5 Å². The van der Waals surface area contributed by atoms with Gasteiger partial charge in [-0.2, -0.15) is 0 Å². The summed E-state index contributed by atoms with van der Waals surface area (Å²) in [5, 5.41) is 2.12. The van der Waals surface area contributed by atoms with Crippen molar-refractivity contribution in [1.82, 2.24) is 14.9 Å². The van der Waals surface area contributed by atoms with Crippen LogP contribution in [-0.4, -0.2) is 34.4 Å². The SMILES string of the molecule is COc1cccc(F)c1-c1nc(C(=O)N2CCCC[C@H]2c2ccccn2)cs1. The highest BCUT2D eigenvalue weighted by Crippen LogP contribution is 2.36. The smallest absolute Gasteiger partial charge is 0.273 e. The largest absolute Gasteiger partial charge is 0.496 e. The maximum Gasteiger partial charge on any atom is 0.273 e. The van der Waals surface area contributed by atoms with E-state index in [1.807, 2.05) is 23.1 Å². The number of thiazole rings is 1. The fourth-order valence-electron chi connectivity index (χ4n) is 3.57. The Balaban J connectivity index is 1.64. The molecule has 0 aliphatic carbocycles. The van der Waals surface area contributed by atoms with E-state index < -0.39 is 5.82 Å². The van der Waals surface area contributed by atoms with Gasteiger partial charge < -0.3 is 9.64 Å². The molecule has 0 radical (unpaired) electrons. The first-order chi connectivity index (χ1) is 13.7. The van der Waals surface area contributed by atoms with Gasteiger partial charge in [0.15, 0.2) is 0 Å². The molecule has 28 heavy (non-hydrogen) atoms. The predicted molar refractivity (Wildman–Crippen MR) is 106 cm³/mol. The molecule has 0 bridgehead atoms. The number of hydrogen-bond donors (Lipinski definition) is 0. The summed E-state index contributed by atoms with van der Waals surface area (Å²) in [6, 6.07) is 10.3. The molecule has 7 heteroatoms. The average Bonchev–Trinajstić information content (AvgIpc) is 3.23. The van der Waals surface area contributed by atoms with E-state index in [2.05, 4.69) is 9.97 Å². The molecule has 144 valence electrons. The first-order valence-electron chi connectivity index (χ1n) is 9.19. The van der Waals surface area contributed by atoms with Gasteiger partial charge in [-0.25, -0.2) is 9.37 Å². The van der Waals surface area contributed by atoms with Gasteiger partial charge in [0.1, 0.15) is 22.3 Å². The minimum Gasteiger partial charge on any atom is -0.496 e. The zero-order valence-corrected chi connectivity index (χ0v) is 16.3. The van der Waals surface area contributed by atoms with E-state index in [0.717, 1.165) is 25.0 Å². The van der Waals surface area contributed by atoms with E-state index in [9.17, 15) is 9.18 Å². The number of carbonyl (C=O) groups is 1. The van der Waals surface area contributed by atoms with Crippen LogP contribution in [0.1, 0.15) is 41.5 Å². The molecule has 0 spiro atoms. The molecule has 1 amide bonds. The predicted octanol–water partition coefficient (Wildman–Crippen LogP) is 4.72. The molecule has 1 atom stereocenters.